The first-order chi connectivity index (χ1) is 9.77. The fourth-order valence-electron chi connectivity index (χ4n) is 4.20. The van der Waals surface area contributed by atoms with Crippen molar-refractivity contribution in [1.29, 1.82) is 0 Å². The monoisotopic (exact) mass is 272 g/mol. The Hall–Kier alpha value is -1.51. The summed E-state index contributed by atoms with van der Waals surface area (Å²) in [7, 11) is 0. The fourth-order valence-corrected chi connectivity index (χ4v) is 4.20. The van der Waals surface area contributed by atoms with E-state index in [0.29, 0.717) is 11.8 Å². The van der Waals surface area contributed by atoms with Crippen molar-refractivity contribution >= 4 is 5.97 Å². The standard InChI is InChI=1S/C17H20O3/c18-16(14-11-12-5-6-13(14)10-12)20-17(7-1-2-8-17)15-4-3-9-19-15/h3-6,9,12-14H,1-2,7-8,10-11H2. The number of carbonyl (C=O) groups is 1. The van der Waals surface area contributed by atoms with Crippen molar-refractivity contribution < 1.29 is 13.9 Å². The van der Waals surface area contributed by atoms with Crippen LogP contribution in [0.25, 0.3) is 0 Å². The molecule has 3 nitrogen and oxygen atoms in total. The van der Waals surface area contributed by atoms with E-state index in [1.807, 2.05) is 12.1 Å². The van der Waals surface area contributed by atoms with E-state index < -0.39 is 5.60 Å². The Balaban J connectivity index is 1.54. The maximum Gasteiger partial charge on any atom is 0.310 e. The normalized spacial score (nSPS) is 33.7. The molecule has 3 aliphatic carbocycles. The minimum atomic E-state index is -0.494. The number of esters is 1. The zero-order valence-corrected chi connectivity index (χ0v) is 11.6. The van der Waals surface area contributed by atoms with Gasteiger partial charge in [0.15, 0.2) is 5.60 Å². The summed E-state index contributed by atoms with van der Waals surface area (Å²) in [5, 5.41) is 0. The van der Waals surface area contributed by atoms with Crippen LogP contribution in [0.2, 0.25) is 0 Å². The summed E-state index contributed by atoms with van der Waals surface area (Å²) in [4.78, 5) is 12.6. The van der Waals surface area contributed by atoms with Crippen molar-refractivity contribution in [3.8, 4) is 0 Å². The lowest BCUT2D eigenvalue weighted by Gasteiger charge is -2.29. The van der Waals surface area contributed by atoms with Crippen LogP contribution in [0.15, 0.2) is 35.0 Å². The van der Waals surface area contributed by atoms with Crippen LogP contribution in [0, 0.1) is 17.8 Å². The van der Waals surface area contributed by atoms with Crippen molar-refractivity contribution in [3.05, 3.63) is 36.3 Å². The number of hydrogen-bond donors (Lipinski definition) is 0. The molecule has 0 N–H and O–H groups in total. The van der Waals surface area contributed by atoms with Crippen molar-refractivity contribution in [3.63, 3.8) is 0 Å². The lowest BCUT2D eigenvalue weighted by molar-refractivity contribution is -0.168. The lowest BCUT2D eigenvalue weighted by atomic mass is 9.92. The average Bonchev–Trinajstić information content (AvgIpc) is 3.22. The third-order valence-electron chi connectivity index (χ3n) is 5.26. The first-order valence-electron chi connectivity index (χ1n) is 7.72. The SMILES string of the molecule is O=C(OC1(c2ccco2)CCCC1)C1CC2C=CC1C2. The summed E-state index contributed by atoms with van der Waals surface area (Å²) in [5.74, 6) is 1.88. The van der Waals surface area contributed by atoms with Gasteiger partial charge in [-0.05, 0) is 62.5 Å². The molecular weight excluding hydrogens is 252 g/mol. The second-order valence-corrected chi connectivity index (χ2v) is 6.49. The van der Waals surface area contributed by atoms with E-state index >= 15 is 0 Å². The van der Waals surface area contributed by atoms with Crippen LogP contribution in [-0.2, 0) is 15.1 Å². The van der Waals surface area contributed by atoms with Gasteiger partial charge >= 0.3 is 5.97 Å². The number of hydrogen-bond acceptors (Lipinski definition) is 3. The summed E-state index contributed by atoms with van der Waals surface area (Å²) < 4.78 is 11.6. The first kappa shape index (κ1) is 12.2. The Morgan fingerprint density at radius 3 is 2.70 bits per heavy atom. The minimum absolute atomic E-state index is 0.0137. The molecule has 0 spiro atoms. The fraction of sp³-hybridized carbons (Fsp3) is 0.588. The maximum absolute atomic E-state index is 12.6. The second kappa shape index (κ2) is 4.51. The molecule has 106 valence electrons. The Labute approximate surface area is 119 Å². The van der Waals surface area contributed by atoms with Crippen LogP contribution in [0.3, 0.4) is 0 Å². The molecule has 20 heavy (non-hydrogen) atoms. The van der Waals surface area contributed by atoms with Crippen LogP contribution in [0.4, 0.5) is 0 Å². The molecule has 0 radical (unpaired) electrons. The largest absolute Gasteiger partial charge is 0.465 e. The van der Waals surface area contributed by atoms with Crippen LogP contribution in [-0.4, -0.2) is 5.97 Å². The molecule has 3 atom stereocenters. The molecule has 3 aliphatic rings. The number of furan rings is 1. The number of carbonyl (C=O) groups excluding carboxylic acids is 1. The number of allylic oxidation sites excluding steroid dienone is 2. The Morgan fingerprint density at radius 2 is 2.10 bits per heavy atom. The number of fused-ring (bicyclic) bond motifs is 2. The molecule has 2 fully saturated rings. The molecule has 1 heterocycles. The second-order valence-electron chi connectivity index (χ2n) is 6.49. The van der Waals surface area contributed by atoms with Gasteiger partial charge in [-0.1, -0.05) is 12.2 Å². The highest BCUT2D eigenvalue weighted by molar-refractivity contribution is 5.74. The highest BCUT2D eigenvalue weighted by atomic mass is 16.6. The van der Waals surface area contributed by atoms with E-state index in [1.165, 1.54) is 0 Å². The zero-order valence-electron chi connectivity index (χ0n) is 11.6. The van der Waals surface area contributed by atoms with Crippen molar-refractivity contribution in [2.75, 3.05) is 0 Å². The highest BCUT2D eigenvalue weighted by Gasteiger charge is 2.47. The number of ether oxygens (including phenoxy) is 1. The Bertz CT molecular complexity index is 522. The summed E-state index contributed by atoms with van der Waals surface area (Å²) in [6, 6.07) is 3.82. The van der Waals surface area contributed by atoms with Crippen LogP contribution in [0.5, 0.6) is 0 Å². The molecular formula is C17H20O3. The van der Waals surface area contributed by atoms with Crippen molar-refractivity contribution in [2.24, 2.45) is 17.8 Å². The zero-order chi connectivity index (χ0) is 13.6. The smallest absolute Gasteiger partial charge is 0.310 e. The Kier molecular flexibility index (Phi) is 2.76. The molecule has 0 aliphatic heterocycles. The van der Waals surface area contributed by atoms with Gasteiger partial charge in [-0.25, -0.2) is 0 Å². The van der Waals surface area contributed by atoms with Gasteiger partial charge < -0.3 is 9.15 Å². The molecule has 2 saturated carbocycles. The van der Waals surface area contributed by atoms with Gasteiger partial charge in [0, 0.05) is 0 Å². The van der Waals surface area contributed by atoms with Crippen LogP contribution in [0.1, 0.15) is 44.3 Å². The lowest BCUT2D eigenvalue weighted by Crippen LogP contribution is -2.33. The van der Waals surface area contributed by atoms with E-state index in [9.17, 15) is 4.79 Å². The third-order valence-corrected chi connectivity index (χ3v) is 5.26. The summed E-state index contributed by atoms with van der Waals surface area (Å²) in [5.41, 5.74) is -0.494. The summed E-state index contributed by atoms with van der Waals surface area (Å²) in [6.07, 6.45) is 12.2. The molecule has 3 heteroatoms. The van der Waals surface area contributed by atoms with Gasteiger partial charge in [0.05, 0.1) is 12.2 Å². The molecule has 0 aromatic carbocycles. The van der Waals surface area contributed by atoms with Gasteiger partial charge in [-0.2, -0.15) is 0 Å². The van der Waals surface area contributed by atoms with Crippen molar-refractivity contribution in [1.82, 2.24) is 0 Å². The van der Waals surface area contributed by atoms with Gasteiger partial charge in [0.1, 0.15) is 5.76 Å². The van der Waals surface area contributed by atoms with Crippen LogP contribution < -0.4 is 0 Å². The summed E-state index contributed by atoms with van der Waals surface area (Å²) in [6.45, 7) is 0. The third kappa shape index (κ3) is 1.83. The first-order valence-corrected chi connectivity index (χ1v) is 7.72. The Morgan fingerprint density at radius 1 is 1.25 bits per heavy atom. The number of rotatable bonds is 3. The van der Waals surface area contributed by atoms with Gasteiger partial charge in [0.2, 0.25) is 0 Å². The predicted molar refractivity (Wildman–Crippen MR) is 73.8 cm³/mol. The maximum atomic E-state index is 12.6. The molecule has 1 aromatic rings. The van der Waals surface area contributed by atoms with Gasteiger partial charge in [-0.3, -0.25) is 4.79 Å². The molecule has 0 saturated heterocycles. The molecule has 3 unspecified atom stereocenters. The van der Waals surface area contributed by atoms with E-state index in [-0.39, 0.29) is 11.9 Å². The highest BCUT2D eigenvalue weighted by Crippen LogP contribution is 2.47. The van der Waals surface area contributed by atoms with E-state index in [2.05, 4.69) is 12.2 Å². The van der Waals surface area contributed by atoms with E-state index in [0.717, 1.165) is 44.3 Å². The van der Waals surface area contributed by atoms with E-state index in [1.54, 1.807) is 6.26 Å². The predicted octanol–water partition coefficient (Wildman–Crippen LogP) is 3.80. The quantitative estimate of drug-likeness (QED) is 0.620. The topological polar surface area (TPSA) is 39.4 Å². The van der Waals surface area contributed by atoms with Gasteiger partial charge in [0.25, 0.3) is 0 Å². The minimum Gasteiger partial charge on any atom is -0.465 e. The van der Waals surface area contributed by atoms with Crippen molar-refractivity contribution in [2.45, 2.75) is 44.1 Å². The average molecular weight is 272 g/mol. The molecule has 2 bridgehead atoms. The van der Waals surface area contributed by atoms with E-state index in [4.69, 9.17) is 9.15 Å². The summed E-state index contributed by atoms with van der Waals surface area (Å²) >= 11 is 0. The van der Waals surface area contributed by atoms with Crippen LogP contribution >= 0.6 is 0 Å². The molecule has 4 rings (SSSR count). The van der Waals surface area contributed by atoms with Gasteiger partial charge in [-0.15, -0.1) is 0 Å². The molecule has 1 aromatic heterocycles. The molecule has 0 amide bonds.